The minimum atomic E-state index is -3.21. The molecule has 3 aromatic rings. The Kier molecular flexibility index (Phi) is 5.81. The minimum Gasteiger partial charge on any atom is -0.391 e. The van der Waals surface area contributed by atoms with E-state index >= 15 is 0 Å². The van der Waals surface area contributed by atoms with Gasteiger partial charge in [0.1, 0.15) is 6.61 Å². The Morgan fingerprint density at radius 2 is 1.60 bits per heavy atom. The van der Waals surface area contributed by atoms with Crippen molar-refractivity contribution in [1.29, 1.82) is 0 Å². The number of hydrogen-bond donors (Lipinski definition) is 0. The van der Waals surface area contributed by atoms with Crippen molar-refractivity contribution in [2.24, 2.45) is 5.16 Å². The van der Waals surface area contributed by atoms with E-state index in [2.05, 4.69) is 23.4 Å². The number of nitrogens with zero attached hydrogens (tertiary/aromatic N) is 1. The van der Waals surface area contributed by atoms with Gasteiger partial charge in [-0.05, 0) is 53.3 Å². The zero-order valence-electron chi connectivity index (χ0n) is 16.8. The molecule has 3 aromatic carbocycles. The summed E-state index contributed by atoms with van der Waals surface area (Å²) in [6.45, 7) is 0.419. The largest absolute Gasteiger partial charge is 0.391 e. The summed E-state index contributed by atoms with van der Waals surface area (Å²) < 4.78 is 23.5. The first kappa shape index (κ1) is 20.1. The number of benzene rings is 3. The summed E-state index contributed by atoms with van der Waals surface area (Å²) in [5, 5.41) is 4.46. The van der Waals surface area contributed by atoms with E-state index < -0.39 is 9.84 Å². The lowest BCUT2D eigenvalue weighted by Gasteiger charge is -2.21. The van der Waals surface area contributed by atoms with Gasteiger partial charge in [-0.25, -0.2) is 8.42 Å². The van der Waals surface area contributed by atoms with Gasteiger partial charge in [0, 0.05) is 11.8 Å². The zero-order chi connectivity index (χ0) is 21.0. The van der Waals surface area contributed by atoms with Crippen LogP contribution in [-0.4, -0.2) is 20.4 Å². The second-order valence-electron chi connectivity index (χ2n) is 7.35. The fraction of sp³-hybridized carbons (Fsp3) is 0.160. The molecule has 0 amide bonds. The topological polar surface area (TPSA) is 55.7 Å². The van der Waals surface area contributed by atoms with E-state index in [1.54, 1.807) is 12.1 Å². The molecule has 0 aliphatic heterocycles. The summed E-state index contributed by atoms with van der Waals surface area (Å²) in [7, 11) is -3.21. The first-order chi connectivity index (χ1) is 14.5. The molecule has 0 heterocycles. The molecule has 0 atom stereocenters. The van der Waals surface area contributed by atoms with Crippen LogP contribution in [0.4, 0.5) is 0 Å². The average Bonchev–Trinajstić information content (AvgIpc) is 2.75. The van der Waals surface area contributed by atoms with Crippen molar-refractivity contribution in [1.82, 2.24) is 0 Å². The lowest BCUT2D eigenvalue weighted by molar-refractivity contribution is 0.130. The number of allylic oxidation sites excluding steroid dienone is 1. The number of fused-ring (bicyclic) bond motifs is 1. The molecule has 0 N–H and O–H groups in total. The van der Waals surface area contributed by atoms with E-state index in [1.807, 2.05) is 54.6 Å². The molecule has 0 spiro atoms. The highest BCUT2D eigenvalue weighted by Crippen LogP contribution is 2.31. The van der Waals surface area contributed by atoms with Crippen molar-refractivity contribution < 1.29 is 13.3 Å². The van der Waals surface area contributed by atoms with Gasteiger partial charge < -0.3 is 4.84 Å². The standard InChI is InChI=1S/C25H23NO3S/c1-30(27,28)22-14-11-19(12-15-22)17-24-23-10-6-5-9-21(23)13-16-25(24)26-29-18-20-7-3-2-4-8-20/h2-12,14-15,17H,13,16,18H2,1H3/b24-17?,26-25+. The smallest absolute Gasteiger partial charge is 0.175 e. The van der Waals surface area contributed by atoms with Crippen LogP contribution in [0.25, 0.3) is 11.6 Å². The number of oxime groups is 1. The fourth-order valence-corrected chi connectivity index (χ4v) is 4.17. The molecule has 0 saturated heterocycles. The summed E-state index contributed by atoms with van der Waals surface area (Å²) in [4.78, 5) is 5.99. The Morgan fingerprint density at radius 1 is 0.900 bits per heavy atom. The Balaban J connectivity index is 1.66. The zero-order valence-corrected chi connectivity index (χ0v) is 17.6. The van der Waals surface area contributed by atoms with E-state index in [0.717, 1.165) is 40.8 Å². The molecule has 4 nitrogen and oxygen atoms in total. The van der Waals surface area contributed by atoms with Gasteiger partial charge in [-0.15, -0.1) is 0 Å². The third-order valence-corrected chi connectivity index (χ3v) is 6.25. The fourth-order valence-electron chi connectivity index (χ4n) is 3.54. The summed E-state index contributed by atoms with van der Waals surface area (Å²) in [6.07, 6.45) is 4.97. The van der Waals surface area contributed by atoms with Crippen LogP contribution < -0.4 is 0 Å². The van der Waals surface area contributed by atoms with Crippen LogP contribution in [0.1, 0.15) is 28.7 Å². The van der Waals surface area contributed by atoms with Crippen molar-refractivity contribution in [3.63, 3.8) is 0 Å². The van der Waals surface area contributed by atoms with Crippen LogP contribution in [0.2, 0.25) is 0 Å². The molecule has 4 rings (SSSR count). The Labute approximate surface area is 177 Å². The molecular formula is C25H23NO3S. The summed E-state index contributed by atoms with van der Waals surface area (Å²) >= 11 is 0. The van der Waals surface area contributed by atoms with Gasteiger partial charge >= 0.3 is 0 Å². The predicted molar refractivity (Wildman–Crippen MR) is 121 cm³/mol. The molecule has 0 unspecified atom stereocenters. The summed E-state index contributed by atoms with van der Waals surface area (Å²) in [5.41, 5.74) is 6.31. The highest BCUT2D eigenvalue weighted by molar-refractivity contribution is 7.90. The predicted octanol–water partition coefficient (Wildman–Crippen LogP) is 5.15. The van der Waals surface area contributed by atoms with E-state index in [0.29, 0.717) is 11.5 Å². The van der Waals surface area contributed by atoms with Crippen LogP contribution in [0.3, 0.4) is 0 Å². The normalized spacial score (nSPS) is 16.4. The van der Waals surface area contributed by atoms with Crippen LogP contribution >= 0.6 is 0 Å². The summed E-state index contributed by atoms with van der Waals surface area (Å²) in [6, 6.07) is 25.2. The van der Waals surface area contributed by atoms with Gasteiger partial charge in [-0.1, -0.05) is 71.9 Å². The molecule has 0 fully saturated rings. The second kappa shape index (κ2) is 8.67. The van der Waals surface area contributed by atoms with Gasteiger partial charge in [0.05, 0.1) is 10.6 Å². The molecule has 0 radical (unpaired) electrons. The molecule has 0 bridgehead atoms. The van der Waals surface area contributed by atoms with Crippen molar-refractivity contribution >= 4 is 27.2 Å². The maximum atomic E-state index is 11.7. The van der Waals surface area contributed by atoms with Crippen LogP contribution in [0, 0.1) is 0 Å². The lowest BCUT2D eigenvalue weighted by atomic mass is 9.85. The van der Waals surface area contributed by atoms with E-state index in [1.165, 1.54) is 11.8 Å². The Morgan fingerprint density at radius 3 is 2.33 bits per heavy atom. The highest BCUT2D eigenvalue weighted by Gasteiger charge is 2.20. The van der Waals surface area contributed by atoms with E-state index in [9.17, 15) is 8.42 Å². The van der Waals surface area contributed by atoms with E-state index in [-0.39, 0.29) is 0 Å². The Bertz CT molecular complexity index is 1190. The van der Waals surface area contributed by atoms with Gasteiger partial charge in [-0.2, -0.15) is 0 Å². The molecule has 0 aromatic heterocycles. The number of sulfone groups is 1. The molecular weight excluding hydrogens is 394 g/mol. The van der Waals surface area contributed by atoms with Crippen LogP contribution in [0.5, 0.6) is 0 Å². The maximum Gasteiger partial charge on any atom is 0.175 e. The van der Waals surface area contributed by atoms with Crippen molar-refractivity contribution in [2.75, 3.05) is 6.26 Å². The quantitative estimate of drug-likeness (QED) is 0.540. The minimum absolute atomic E-state index is 0.314. The van der Waals surface area contributed by atoms with E-state index in [4.69, 9.17) is 4.84 Å². The van der Waals surface area contributed by atoms with Crippen LogP contribution in [-0.2, 0) is 27.7 Å². The first-order valence-electron chi connectivity index (χ1n) is 9.84. The monoisotopic (exact) mass is 417 g/mol. The second-order valence-corrected chi connectivity index (χ2v) is 9.37. The van der Waals surface area contributed by atoms with Crippen LogP contribution in [0.15, 0.2) is 88.9 Å². The Hall–Kier alpha value is -3.18. The molecule has 1 aliphatic rings. The average molecular weight is 418 g/mol. The lowest BCUT2D eigenvalue weighted by Crippen LogP contribution is -2.13. The molecule has 5 heteroatoms. The number of hydrogen-bond acceptors (Lipinski definition) is 4. The molecule has 152 valence electrons. The third kappa shape index (κ3) is 4.69. The third-order valence-electron chi connectivity index (χ3n) is 5.12. The van der Waals surface area contributed by atoms with Gasteiger partial charge in [0.2, 0.25) is 0 Å². The van der Waals surface area contributed by atoms with Crippen molar-refractivity contribution in [2.45, 2.75) is 24.3 Å². The molecule has 0 saturated carbocycles. The summed E-state index contributed by atoms with van der Waals surface area (Å²) in [5.74, 6) is 0. The van der Waals surface area contributed by atoms with Gasteiger partial charge in [-0.3, -0.25) is 0 Å². The molecule has 30 heavy (non-hydrogen) atoms. The first-order valence-corrected chi connectivity index (χ1v) is 11.7. The van der Waals surface area contributed by atoms with Crippen molar-refractivity contribution in [3.05, 3.63) is 101 Å². The molecule has 1 aliphatic carbocycles. The van der Waals surface area contributed by atoms with Crippen molar-refractivity contribution in [3.8, 4) is 0 Å². The highest BCUT2D eigenvalue weighted by atomic mass is 32.2. The van der Waals surface area contributed by atoms with Gasteiger partial charge in [0.15, 0.2) is 9.84 Å². The number of rotatable bonds is 5. The maximum absolute atomic E-state index is 11.7. The van der Waals surface area contributed by atoms with Gasteiger partial charge in [0.25, 0.3) is 0 Å². The number of aryl methyl sites for hydroxylation is 1. The SMILES string of the molecule is CS(=O)(=O)c1ccc(C=C2/C(=N/OCc3ccccc3)CCc3ccccc32)cc1.